The lowest BCUT2D eigenvalue weighted by Crippen LogP contribution is -2.29. The monoisotopic (exact) mass is 539 g/mol. The third-order valence-corrected chi connectivity index (χ3v) is 7.62. The highest BCUT2D eigenvalue weighted by Crippen LogP contribution is 2.43. The van der Waals surface area contributed by atoms with Crippen LogP contribution in [0.2, 0.25) is 0 Å². The van der Waals surface area contributed by atoms with Crippen LogP contribution in [0.25, 0.3) is 22.2 Å². The van der Waals surface area contributed by atoms with Crippen molar-refractivity contribution in [3.63, 3.8) is 0 Å². The number of rotatable bonds is 8. The van der Waals surface area contributed by atoms with Crippen molar-refractivity contribution in [1.82, 2.24) is 19.4 Å². The fourth-order valence-electron chi connectivity index (χ4n) is 5.40. The molecule has 4 heterocycles. The number of nitrogen functional groups attached to an aromatic ring is 1. The molecule has 0 saturated carbocycles. The van der Waals surface area contributed by atoms with Crippen LogP contribution in [0, 0.1) is 11.3 Å². The molecule has 2 unspecified atom stereocenters. The van der Waals surface area contributed by atoms with Crippen molar-refractivity contribution in [2.45, 2.75) is 18.9 Å². The molecule has 2 aromatic carbocycles. The van der Waals surface area contributed by atoms with Gasteiger partial charge in [0.2, 0.25) is 5.95 Å². The van der Waals surface area contributed by atoms with Crippen molar-refractivity contribution in [2.24, 2.45) is 0 Å². The third-order valence-electron chi connectivity index (χ3n) is 7.62. The molecular weight excluding hydrogens is 506 g/mol. The normalized spacial score (nSPS) is 17.4. The summed E-state index contributed by atoms with van der Waals surface area (Å²) in [5, 5.41) is 14.2. The molecule has 11 heteroatoms. The number of methoxy groups -OCH3 is 1. The fraction of sp³-hybridized carbons (Fsp3) is 0.345. The number of nitrogens with two attached hydrogens (primary N) is 1. The summed E-state index contributed by atoms with van der Waals surface area (Å²) in [5.41, 5.74) is 12.6. The summed E-state index contributed by atoms with van der Waals surface area (Å²) in [7, 11) is 9.76. The van der Waals surface area contributed by atoms with E-state index in [-0.39, 0.29) is 12.3 Å². The van der Waals surface area contributed by atoms with Crippen LogP contribution in [-0.2, 0) is 11.3 Å². The van der Waals surface area contributed by atoms with Crippen LogP contribution in [-0.4, -0.2) is 80.2 Å². The van der Waals surface area contributed by atoms with Crippen LogP contribution in [0.1, 0.15) is 5.56 Å². The van der Waals surface area contributed by atoms with Gasteiger partial charge in [-0.15, -0.1) is 0 Å². The highest BCUT2D eigenvalue weighted by molar-refractivity contribution is 6.03. The molecule has 206 valence electrons. The number of likely N-dealkylation sites (N-methyl/N-ethyl adjacent to an activating group) is 3. The van der Waals surface area contributed by atoms with Crippen molar-refractivity contribution < 1.29 is 9.47 Å². The summed E-state index contributed by atoms with van der Waals surface area (Å²) >= 11 is 0. The lowest BCUT2D eigenvalue weighted by atomic mass is 10.1. The third kappa shape index (κ3) is 4.41. The number of epoxide rings is 1. The van der Waals surface area contributed by atoms with Crippen molar-refractivity contribution >= 4 is 39.6 Å². The number of aromatic nitrogens is 3. The average Bonchev–Trinajstić information content (AvgIpc) is 3.64. The van der Waals surface area contributed by atoms with Crippen LogP contribution in [0.5, 0.6) is 5.75 Å². The molecule has 0 aliphatic carbocycles. The average molecular weight is 540 g/mol. The van der Waals surface area contributed by atoms with Gasteiger partial charge in [0.15, 0.2) is 6.23 Å². The van der Waals surface area contributed by atoms with E-state index in [2.05, 4.69) is 61.0 Å². The van der Waals surface area contributed by atoms with E-state index in [1.54, 1.807) is 13.3 Å². The van der Waals surface area contributed by atoms with E-state index in [0.29, 0.717) is 34.3 Å². The summed E-state index contributed by atoms with van der Waals surface area (Å²) in [4.78, 5) is 15.7. The Morgan fingerprint density at radius 2 is 2.08 bits per heavy atom. The Kier molecular flexibility index (Phi) is 6.37. The molecule has 0 amide bonds. The predicted molar refractivity (Wildman–Crippen MR) is 157 cm³/mol. The van der Waals surface area contributed by atoms with Gasteiger partial charge in [0.1, 0.15) is 17.9 Å². The van der Waals surface area contributed by atoms with E-state index in [1.165, 1.54) is 0 Å². The number of nitrogens with one attached hydrogen (secondary N) is 1. The van der Waals surface area contributed by atoms with Gasteiger partial charge in [-0.1, -0.05) is 12.1 Å². The quantitative estimate of drug-likeness (QED) is 0.254. The Morgan fingerprint density at radius 1 is 1.25 bits per heavy atom. The summed E-state index contributed by atoms with van der Waals surface area (Å²) < 4.78 is 13.8. The van der Waals surface area contributed by atoms with Crippen LogP contribution < -0.4 is 25.6 Å². The Hall–Kier alpha value is -4.53. The Bertz CT molecular complexity index is 1640. The number of benzene rings is 2. The van der Waals surface area contributed by atoms with Gasteiger partial charge < -0.3 is 39.8 Å². The van der Waals surface area contributed by atoms with Gasteiger partial charge in [-0.2, -0.15) is 5.26 Å². The zero-order valence-electron chi connectivity index (χ0n) is 23.3. The smallest absolute Gasteiger partial charge is 0.227 e. The molecule has 0 radical (unpaired) electrons. The molecule has 3 N–H and O–H groups in total. The first-order valence-electron chi connectivity index (χ1n) is 13.2. The number of hydrogen-bond acceptors (Lipinski definition) is 10. The van der Waals surface area contributed by atoms with Crippen LogP contribution >= 0.6 is 0 Å². The molecule has 6 rings (SSSR count). The van der Waals surface area contributed by atoms with Crippen molar-refractivity contribution in [3.05, 3.63) is 48.3 Å². The molecule has 1 fully saturated rings. The van der Waals surface area contributed by atoms with Crippen molar-refractivity contribution in [1.29, 1.82) is 5.26 Å². The fourth-order valence-corrected chi connectivity index (χ4v) is 5.40. The van der Waals surface area contributed by atoms with E-state index in [0.717, 1.165) is 47.5 Å². The summed E-state index contributed by atoms with van der Waals surface area (Å²) in [5.74, 6) is 0.952. The van der Waals surface area contributed by atoms with Crippen LogP contribution in [0.3, 0.4) is 0 Å². The van der Waals surface area contributed by atoms with Gasteiger partial charge in [-0.05, 0) is 26.2 Å². The number of fused-ring (bicyclic) bond motifs is 1. The van der Waals surface area contributed by atoms with Gasteiger partial charge in [0.25, 0.3) is 0 Å². The van der Waals surface area contributed by atoms with E-state index in [9.17, 15) is 5.26 Å². The van der Waals surface area contributed by atoms with Crippen LogP contribution in [0.4, 0.5) is 28.7 Å². The van der Waals surface area contributed by atoms with Gasteiger partial charge in [-0.3, -0.25) is 0 Å². The molecule has 1 saturated heterocycles. The first kappa shape index (κ1) is 25.7. The second-order valence-corrected chi connectivity index (χ2v) is 10.6. The number of anilines is 5. The topological polar surface area (TPSA) is 124 Å². The molecule has 0 bridgehead atoms. The Morgan fingerprint density at radius 3 is 2.83 bits per heavy atom. The second-order valence-electron chi connectivity index (χ2n) is 10.6. The standard InChI is InChI=1S/C29H33N9O2/c1-35(2)9-10-36(3)23-12-24(39-5)21(11-20(23)31)33-29-32-14-17(13-30)26(34-29)19-15-38-16-25-28(40-25)37(4)22-8-6-7-18(19)27(22)38/h6-8,11-12,14-15,25,28H,9-10,16,31H2,1-5H3,(H,32,33,34). The largest absolute Gasteiger partial charge is 0.494 e. The number of nitrogens with zero attached hydrogens (tertiary/aromatic N) is 7. The number of nitriles is 1. The molecule has 2 aliphatic heterocycles. The molecule has 2 aliphatic rings. The highest BCUT2D eigenvalue weighted by atomic mass is 16.6. The first-order valence-corrected chi connectivity index (χ1v) is 13.2. The maximum Gasteiger partial charge on any atom is 0.227 e. The van der Waals surface area contributed by atoms with Gasteiger partial charge >= 0.3 is 0 Å². The minimum absolute atomic E-state index is 0.0973. The molecule has 11 nitrogen and oxygen atoms in total. The van der Waals surface area contributed by atoms with Gasteiger partial charge in [0, 0.05) is 50.4 Å². The summed E-state index contributed by atoms with van der Waals surface area (Å²) in [6.45, 7) is 2.45. The SMILES string of the molecule is COc1cc(N(C)CCN(C)C)c(N)cc1Nc1ncc(C#N)c(-c2cn3c4c(cccc24)N(C)C2OC2C3)n1. The summed E-state index contributed by atoms with van der Waals surface area (Å²) in [6.07, 6.45) is 3.85. The van der Waals surface area contributed by atoms with E-state index < -0.39 is 0 Å². The summed E-state index contributed by atoms with van der Waals surface area (Å²) in [6, 6.07) is 12.2. The van der Waals surface area contributed by atoms with E-state index in [4.69, 9.17) is 20.2 Å². The number of ether oxygens (including phenoxy) is 2. The maximum atomic E-state index is 9.95. The minimum Gasteiger partial charge on any atom is -0.494 e. The van der Waals surface area contributed by atoms with Gasteiger partial charge in [-0.25, -0.2) is 9.97 Å². The Labute approximate surface area is 233 Å². The molecule has 2 atom stereocenters. The predicted octanol–water partition coefficient (Wildman–Crippen LogP) is 3.48. The zero-order chi connectivity index (χ0) is 28.1. The Balaban J connectivity index is 1.37. The maximum absolute atomic E-state index is 9.95. The van der Waals surface area contributed by atoms with Crippen LogP contribution in [0.15, 0.2) is 42.7 Å². The first-order chi connectivity index (χ1) is 19.3. The second kappa shape index (κ2) is 9.89. The van der Waals surface area contributed by atoms with Crippen molar-refractivity contribution in [2.75, 3.05) is 69.2 Å². The molecule has 40 heavy (non-hydrogen) atoms. The van der Waals surface area contributed by atoms with Crippen molar-refractivity contribution in [3.8, 4) is 23.1 Å². The number of para-hydroxylation sites is 1. The van der Waals surface area contributed by atoms with Gasteiger partial charge in [0.05, 0.1) is 59.4 Å². The lowest BCUT2D eigenvalue weighted by molar-refractivity contribution is 0.352. The molecular formula is C29H33N9O2. The molecule has 4 aromatic rings. The van der Waals surface area contributed by atoms with E-state index in [1.807, 2.05) is 39.3 Å². The molecule has 2 aromatic heterocycles. The highest BCUT2D eigenvalue weighted by Gasteiger charge is 2.45. The number of hydrogen-bond donors (Lipinski definition) is 2. The minimum atomic E-state index is 0.0973. The lowest BCUT2D eigenvalue weighted by Gasteiger charge is -2.24. The zero-order valence-corrected chi connectivity index (χ0v) is 23.3. The van der Waals surface area contributed by atoms with E-state index >= 15 is 0 Å². The molecule has 0 spiro atoms.